The summed E-state index contributed by atoms with van der Waals surface area (Å²) in [7, 11) is 0. The molecule has 0 saturated heterocycles. The number of hydrogen-bond donors (Lipinski definition) is 2. The van der Waals surface area contributed by atoms with Gasteiger partial charge in [0.25, 0.3) is 17.7 Å². The molecule has 240 valence electrons. The number of halogens is 3. The molecule has 0 radical (unpaired) electrons. The summed E-state index contributed by atoms with van der Waals surface area (Å²) < 4.78 is 54.3. The molecule has 0 aliphatic carbocycles. The zero-order chi connectivity index (χ0) is 33.0. The van der Waals surface area contributed by atoms with Gasteiger partial charge in [0.1, 0.15) is 12.4 Å². The number of rotatable bonds is 13. The van der Waals surface area contributed by atoms with Crippen LogP contribution in [-0.2, 0) is 29.7 Å². The quantitative estimate of drug-likeness (QED) is 0.150. The smallest absolute Gasteiger partial charge is 0.292 e. The number of aromatic amines is 1. The first-order valence-electron chi connectivity index (χ1n) is 14.7. The topological polar surface area (TPSA) is 105 Å². The van der Waals surface area contributed by atoms with Crippen molar-refractivity contribution in [3.63, 3.8) is 0 Å². The number of alkyl halides is 2. The van der Waals surface area contributed by atoms with Gasteiger partial charge in [-0.2, -0.15) is 4.98 Å². The minimum absolute atomic E-state index is 0.101. The Labute approximate surface area is 261 Å². The summed E-state index contributed by atoms with van der Waals surface area (Å²) in [5.41, 5.74) is 2.63. The first-order chi connectivity index (χ1) is 21.4. The molecule has 4 aromatic rings. The summed E-state index contributed by atoms with van der Waals surface area (Å²) >= 11 is 0. The van der Waals surface area contributed by atoms with Crippen LogP contribution < -0.4 is 5.32 Å². The molecule has 2 aromatic carbocycles. The molecule has 1 amide bonds. The van der Waals surface area contributed by atoms with Crippen LogP contribution in [0, 0.1) is 5.82 Å². The van der Waals surface area contributed by atoms with Crippen LogP contribution in [0.2, 0.25) is 0 Å². The van der Waals surface area contributed by atoms with E-state index in [9.17, 15) is 13.6 Å². The number of carbonyl (C=O) groups is 1. The van der Waals surface area contributed by atoms with Gasteiger partial charge in [-0.3, -0.25) is 9.79 Å². The molecule has 45 heavy (non-hydrogen) atoms. The number of H-pyrrole nitrogens is 1. The van der Waals surface area contributed by atoms with E-state index < -0.39 is 36.1 Å². The van der Waals surface area contributed by atoms with E-state index in [0.29, 0.717) is 28.4 Å². The van der Waals surface area contributed by atoms with Crippen molar-refractivity contribution in [2.45, 2.75) is 71.9 Å². The molecule has 0 spiro atoms. The van der Waals surface area contributed by atoms with Crippen molar-refractivity contribution in [1.29, 1.82) is 0 Å². The van der Waals surface area contributed by atoms with Crippen molar-refractivity contribution in [2.24, 2.45) is 4.99 Å². The summed E-state index contributed by atoms with van der Waals surface area (Å²) in [6.45, 7) is 12.6. The molecule has 11 heteroatoms. The van der Waals surface area contributed by atoms with Crippen molar-refractivity contribution >= 4 is 11.6 Å². The molecular formula is C34H40F3N5O3. The maximum absolute atomic E-state index is 15.1. The molecule has 0 aliphatic heterocycles. The monoisotopic (exact) mass is 623 g/mol. The fourth-order valence-corrected chi connectivity index (χ4v) is 4.12. The van der Waals surface area contributed by atoms with E-state index in [1.165, 1.54) is 18.3 Å². The Morgan fingerprint density at radius 3 is 2.49 bits per heavy atom. The zero-order valence-electron chi connectivity index (χ0n) is 26.3. The summed E-state index contributed by atoms with van der Waals surface area (Å²) in [5, 5.41) is 6.28. The second-order valence-electron chi connectivity index (χ2n) is 11.1. The van der Waals surface area contributed by atoms with E-state index in [1.54, 1.807) is 18.3 Å². The first kappa shape index (κ1) is 35.0. The van der Waals surface area contributed by atoms with Crippen LogP contribution >= 0.6 is 0 Å². The summed E-state index contributed by atoms with van der Waals surface area (Å²) in [4.78, 5) is 23.9. The first-order valence-corrected chi connectivity index (χ1v) is 14.7. The minimum atomic E-state index is -3.00. The molecular weight excluding hydrogens is 583 g/mol. The highest BCUT2D eigenvalue weighted by atomic mass is 19.3. The lowest BCUT2D eigenvalue weighted by atomic mass is 9.97. The zero-order valence-corrected chi connectivity index (χ0v) is 26.3. The van der Waals surface area contributed by atoms with Crippen LogP contribution in [-0.4, -0.2) is 39.3 Å². The van der Waals surface area contributed by atoms with Crippen molar-refractivity contribution < 1.29 is 27.2 Å². The molecule has 2 aromatic heterocycles. The highest BCUT2D eigenvalue weighted by molar-refractivity contribution is 6.12. The maximum atomic E-state index is 15.1. The summed E-state index contributed by atoms with van der Waals surface area (Å²) in [6.07, 6.45) is 2.64. The number of ether oxygens (including phenoxy) is 1. The second-order valence-corrected chi connectivity index (χ2v) is 11.1. The highest BCUT2D eigenvalue weighted by Gasteiger charge is 2.29. The van der Waals surface area contributed by atoms with E-state index in [-0.39, 0.29) is 31.0 Å². The second kappa shape index (κ2) is 16.0. The number of aromatic nitrogens is 3. The molecule has 0 bridgehead atoms. The van der Waals surface area contributed by atoms with Crippen molar-refractivity contribution in [1.82, 2.24) is 20.4 Å². The molecule has 0 aliphatic rings. The van der Waals surface area contributed by atoms with Gasteiger partial charge < -0.3 is 19.6 Å². The molecule has 2 N–H and O–H groups in total. The third-order valence-electron chi connectivity index (χ3n) is 6.46. The molecule has 8 nitrogen and oxygen atoms in total. The summed E-state index contributed by atoms with van der Waals surface area (Å²) in [5.74, 6) is -3.99. The van der Waals surface area contributed by atoms with Gasteiger partial charge in [-0.25, -0.2) is 13.2 Å². The normalized spacial score (nSPS) is 12.0. The predicted molar refractivity (Wildman–Crippen MR) is 168 cm³/mol. The molecule has 4 rings (SSSR count). The van der Waals surface area contributed by atoms with Crippen molar-refractivity contribution in [2.75, 3.05) is 6.61 Å². The van der Waals surface area contributed by atoms with Crippen LogP contribution in [0.3, 0.4) is 0 Å². The maximum Gasteiger partial charge on any atom is 0.292 e. The van der Waals surface area contributed by atoms with Gasteiger partial charge in [-0.15, -0.1) is 0 Å². The van der Waals surface area contributed by atoms with Crippen LogP contribution in [0.15, 0.2) is 83.1 Å². The lowest BCUT2D eigenvalue weighted by molar-refractivity contribution is -0.0862. The average Bonchev–Trinajstić information content (AvgIpc) is 3.71. The van der Waals surface area contributed by atoms with Crippen molar-refractivity contribution in [3.05, 3.63) is 119 Å². The number of hydrogen-bond acceptors (Lipinski definition) is 6. The Morgan fingerprint density at radius 1 is 1.11 bits per heavy atom. The van der Waals surface area contributed by atoms with E-state index in [1.807, 2.05) is 65.0 Å². The Morgan fingerprint density at radius 2 is 1.84 bits per heavy atom. The van der Waals surface area contributed by atoms with E-state index in [0.717, 1.165) is 5.56 Å². The predicted octanol–water partition coefficient (Wildman–Crippen LogP) is 7.56. The molecule has 0 unspecified atom stereocenters. The number of aryl methyl sites for hydroxylation is 1. The molecule has 0 atom stereocenters. The Balaban J connectivity index is 0.00000271. The largest absolute Gasteiger partial charge is 0.371 e. The van der Waals surface area contributed by atoms with Gasteiger partial charge in [0.2, 0.25) is 5.89 Å². The number of nitrogens with one attached hydrogen (secondary N) is 2. The third kappa shape index (κ3) is 10.3. The van der Waals surface area contributed by atoms with Crippen LogP contribution in [0.4, 0.5) is 13.2 Å². The Bertz CT molecular complexity index is 1570. The number of aliphatic imine (C=N–C) groups is 1. The fraction of sp³-hybridized carbons (Fsp3) is 0.353. The van der Waals surface area contributed by atoms with Crippen LogP contribution in [0.1, 0.15) is 85.5 Å². The van der Waals surface area contributed by atoms with Gasteiger partial charge in [0.05, 0.1) is 18.0 Å². The Kier molecular flexibility index (Phi) is 12.4. The summed E-state index contributed by atoms with van der Waals surface area (Å²) in [6, 6.07) is 15.3. The molecule has 0 fully saturated rings. The van der Waals surface area contributed by atoms with E-state index in [4.69, 9.17) is 9.26 Å². The third-order valence-corrected chi connectivity index (χ3v) is 6.46. The van der Waals surface area contributed by atoms with Gasteiger partial charge in [0.15, 0.2) is 0 Å². The minimum Gasteiger partial charge on any atom is -0.371 e. The SMILES string of the molecule is C=CN=C(c1ccc(CNC(=O)c2noc(C(C)(C)C)n2)c(F)c1)c1cc(CCC(F)(F)COCc2ccccc2)c[nH]1.CC. The fourth-order valence-electron chi connectivity index (χ4n) is 4.12. The van der Waals surface area contributed by atoms with E-state index in [2.05, 4.69) is 32.0 Å². The highest BCUT2D eigenvalue weighted by Crippen LogP contribution is 2.24. The standard InChI is InChI=1S/C32H34F3N5O3.C2H6/c1-5-36-27(26-15-22(17-37-26)13-14-32(34,35)20-42-19-21-9-7-6-8-10-21)23-11-12-24(25(33)16-23)18-38-29(41)28-39-30(43-40-28)31(2,3)4;1-2/h5-12,15-17,37H,1,13-14,18-20H2,2-4H3,(H,38,41);1-2H3. The average molecular weight is 624 g/mol. The van der Waals surface area contributed by atoms with E-state index >= 15 is 4.39 Å². The number of nitrogens with zero attached hydrogens (tertiary/aromatic N) is 3. The van der Waals surface area contributed by atoms with Crippen LogP contribution in [0.5, 0.6) is 0 Å². The van der Waals surface area contributed by atoms with Gasteiger partial charge in [-0.1, -0.05) is 88.8 Å². The number of amides is 1. The lowest BCUT2D eigenvalue weighted by Crippen LogP contribution is -2.25. The number of carbonyl (C=O) groups excluding carboxylic acids is 1. The lowest BCUT2D eigenvalue weighted by Gasteiger charge is -2.16. The molecule has 0 saturated carbocycles. The van der Waals surface area contributed by atoms with Crippen LogP contribution in [0.25, 0.3) is 0 Å². The number of benzene rings is 2. The van der Waals surface area contributed by atoms with Gasteiger partial charge in [-0.05, 0) is 29.7 Å². The molecule has 2 heterocycles. The van der Waals surface area contributed by atoms with Crippen molar-refractivity contribution in [3.8, 4) is 0 Å². The van der Waals surface area contributed by atoms with Gasteiger partial charge >= 0.3 is 0 Å². The van der Waals surface area contributed by atoms with Gasteiger partial charge in [0, 0.05) is 41.9 Å². The Hall–Kier alpha value is -4.51.